The second kappa shape index (κ2) is 5.95. The van der Waals surface area contributed by atoms with Gasteiger partial charge in [-0.2, -0.15) is 4.98 Å². The third kappa shape index (κ3) is 3.12. The molecule has 0 unspecified atom stereocenters. The quantitative estimate of drug-likeness (QED) is 0.775. The molecule has 1 aliphatic rings. The van der Waals surface area contributed by atoms with Gasteiger partial charge in [0.05, 0.1) is 6.42 Å². The van der Waals surface area contributed by atoms with Gasteiger partial charge in [0.1, 0.15) is 0 Å². The van der Waals surface area contributed by atoms with E-state index in [0.717, 1.165) is 24.2 Å². The highest BCUT2D eigenvalue weighted by atomic mass is 16.1. The minimum absolute atomic E-state index is 0.0486. The number of nitrogens with one attached hydrogen (secondary N) is 1. The van der Waals surface area contributed by atoms with E-state index in [1.165, 1.54) is 5.56 Å². The van der Waals surface area contributed by atoms with Crippen molar-refractivity contribution in [3.05, 3.63) is 59.2 Å². The summed E-state index contributed by atoms with van der Waals surface area (Å²) in [4.78, 5) is 21.1. The molecule has 3 aromatic rings. The van der Waals surface area contributed by atoms with Gasteiger partial charge in [0.15, 0.2) is 5.82 Å². The first kappa shape index (κ1) is 15.7. The summed E-state index contributed by atoms with van der Waals surface area (Å²) in [5.74, 6) is 0.999. The normalized spacial score (nSPS) is 15.3. The number of fused-ring (bicyclic) bond motifs is 1. The van der Waals surface area contributed by atoms with Crippen LogP contribution in [0.5, 0.6) is 0 Å². The number of hydrogen-bond donors (Lipinski definition) is 1. The van der Waals surface area contributed by atoms with Crippen LogP contribution in [0, 0.1) is 13.8 Å². The number of carbonyl (C=O) groups is 1. The van der Waals surface area contributed by atoms with Crippen LogP contribution in [0.25, 0.3) is 5.78 Å². The summed E-state index contributed by atoms with van der Waals surface area (Å²) < 4.78 is 1.68. The molecule has 2 aromatic heterocycles. The Bertz CT molecular complexity index is 928. The molecule has 0 saturated heterocycles. The Hall–Kier alpha value is -2.76. The SMILES string of the molecule is Cc1cc(C)n2nc(CC(=O)NCC3(c4ccccc4)CC3)nc2n1. The first-order chi connectivity index (χ1) is 12.1. The minimum atomic E-state index is -0.0486. The maximum absolute atomic E-state index is 12.3. The van der Waals surface area contributed by atoms with E-state index in [2.05, 4.69) is 44.6 Å². The molecular formula is C19H21N5O. The fourth-order valence-electron chi connectivity index (χ4n) is 3.27. The van der Waals surface area contributed by atoms with Gasteiger partial charge in [0, 0.05) is 23.3 Å². The van der Waals surface area contributed by atoms with E-state index in [0.29, 0.717) is 18.1 Å². The van der Waals surface area contributed by atoms with Crippen LogP contribution in [0.4, 0.5) is 0 Å². The zero-order valence-electron chi connectivity index (χ0n) is 14.5. The van der Waals surface area contributed by atoms with Crippen molar-refractivity contribution in [2.24, 2.45) is 0 Å². The van der Waals surface area contributed by atoms with Crippen LogP contribution in [0.1, 0.15) is 35.6 Å². The summed E-state index contributed by atoms with van der Waals surface area (Å²) in [5, 5.41) is 7.45. The Morgan fingerprint density at radius 2 is 1.96 bits per heavy atom. The summed E-state index contributed by atoms with van der Waals surface area (Å²) >= 11 is 0. The summed E-state index contributed by atoms with van der Waals surface area (Å²) in [6.45, 7) is 4.54. The first-order valence-electron chi connectivity index (χ1n) is 8.58. The number of benzene rings is 1. The van der Waals surface area contributed by atoms with E-state index in [4.69, 9.17) is 0 Å². The second-order valence-corrected chi connectivity index (χ2v) is 6.88. The fraction of sp³-hybridized carbons (Fsp3) is 0.368. The number of aryl methyl sites for hydroxylation is 2. The molecule has 0 radical (unpaired) electrons. The molecule has 4 rings (SSSR count). The molecule has 1 saturated carbocycles. The smallest absolute Gasteiger partial charge is 0.252 e. The summed E-state index contributed by atoms with van der Waals surface area (Å²) in [6, 6.07) is 12.3. The molecule has 6 nitrogen and oxygen atoms in total. The first-order valence-corrected chi connectivity index (χ1v) is 8.58. The van der Waals surface area contributed by atoms with E-state index >= 15 is 0 Å². The van der Waals surface area contributed by atoms with Gasteiger partial charge in [-0.3, -0.25) is 4.79 Å². The highest BCUT2D eigenvalue weighted by molar-refractivity contribution is 5.78. The maximum Gasteiger partial charge on any atom is 0.252 e. The van der Waals surface area contributed by atoms with Crippen LogP contribution in [-0.2, 0) is 16.6 Å². The standard InChI is InChI=1S/C19H21N5O/c1-13-10-14(2)24-18(21-13)22-16(23-24)11-17(25)20-12-19(8-9-19)15-6-4-3-5-7-15/h3-7,10H,8-9,11-12H2,1-2H3,(H,20,25). The van der Waals surface area contributed by atoms with Gasteiger partial charge < -0.3 is 5.32 Å². The molecule has 0 bridgehead atoms. The van der Waals surface area contributed by atoms with Crippen molar-refractivity contribution in [1.29, 1.82) is 0 Å². The van der Waals surface area contributed by atoms with Crippen molar-refractivity contribution >= 4 is 11.7 Å². The number of carbonyl (C=O) groups excluding carboxylic acids is 1. The lowest BCUT2D eigenvalue weighted by atomic mass is 9.96. The van der Waals surface area contributed by atoms with E-state index in [9.17, 15) is 4.79 Å². The van der Waals surface area contributed by atoms with Crippen LogP contribution >= 0.6 is 0 Å². The number of rotatable bonds is 5. The molecule has 6 heteroatoms. The van der Waals surface area contributed by atoms with E-state index < -0.39 is 0 Å². The molecule has 128 valence electrons. The zero-order chi connectivity index (χ0) is 17.4. The van der Waals surface area contributed by atoms with Crippen molar-refractivity contribution in [1.82, 2.24) is 24.9 Å². The third-order valence-corrected chi connectivity index (χ3v) is 4.84. The Balaban J connectivity index is 1.42. The van der Waals surface area contributed by atoms with Gasteiger partial charge in [-0.05, 0) is 38.3 Å². The molecule has 0 aliphatic heterocycles. The predicted molar refractivity (Wildman–Crippen MR) is 94.3 cm³/mol. The molecule has 25 heavy (non-hydrogen) atoms. The molecule has 1 aromatic carbocycles. The summed E-state index contributed by atoms with van der Waals surface area (Å²) in [6.07, 6.45) is 2.41. The largest absolute Gasteiger partial charge is 0.355 e. The molecular weight excluding hydrogens is 314 g/mol. The van der Waals surface area contributed by atoms with Crippen LogP contribution < -0.4 is 5.32 Å². The highest BCUT2D eigenvalue weighted by Crippen LogP contribution is 2.47. The molecule has 1 aliphatic carbocycles. The average Bonchev–Trinajstić information content (AvgIpc) is 3.28. The topological polar surface area (TPSA) is 72.2 Å². The van der Waals surface area contributed by atoms with Gasteiger partial charge >= 0.3 is 0 Å². The number of amides is 1. The Morgan fingerprint density at radius 3 is 2.68 bits per heavy atom. The van der Waals surface area contributed by atoms with Crippen molar-refractivity contribution in [2.75, 3.05) is 6.54 Å². The van der Waals surface area contributed by atoms with Gasteiger partial charge in [0.25, 0.3) is 5.78 Å². The third-order valence-electron chi connectivity index (χ3n) is 4.84. The lowest BCUT2D eigenvalue weighted by molar-refractivity contribution is -0.120. The summed E-state index contributed by atoms with van der Waals surface area (Å²) in [7, 11) is 0. The minimum Gasteiger partial charge on any atom is -0.355 e. The molecule has 0 atom stereocenters. The van der Waals surface area contributed by atoms with Crippen LogP contribution in [0.3, 0.4) is 0 Å². The van der Waals surface area contributed by atoms with Gasteiger partial charge in [-0.15, -0.1) is 5.10 Å². The summed E-state index contributed by atoms with van der Waals surface area (Å²) in [5.41, 5.74) is 3.27. The monoisotopic (exact) mass is 335 g/mol. The molecule has 0 spiro atoms. The highest BCUT2D eigenvalue weighted by Gasteiger charge is 2.44. The van der Waals surface area contributed by atoms with Gasteiger partial charge in [-0.25, -0.2) is 9.50 Å². The van der Waals surface area contributed by atoms with Crippen molar-refractivity contribution in [3.63, 3.8) is 0 Å². The molecule has 2 heterocycles. The van der Waals surface area contributed by atoms with E-state index in [-0.39, 0.29) is 17.7 Å². The molecule has 1 amide bonds. The van der Waals surface area contributed by atoms with Crippen LogP contribution in [0.2, 0.25) is 0 Å². The Morgan fingerprint density at radius 1 is 1.20 bits per heavy atom. The van der Waals surface area contributed by atoms with E-state index in [1.807, 2.05) is 26.0 Å². The average molecular weight is 335 g/mol. The lowest BCUT2D eigenvalue weighted by Gasteiger charge is -2.16. The van der Waals surface area contributed by atoms with Gasteiger partial charge in [0.2, 0.25) is 5.91 Å². The van der Waals surface area contributed by atoms with Gasteiger partial charge in [-0.1, -0.05) is 30.3 Å². The fourth-order valence-corrected chi connectivity index (χ4v) is 3.27. The number of nitrogens with zero attached hydrogens (tertiary/aromatic N) is 4. The molecule has 1 fully saturated rings. The molecule has 1 N–H and O–H groups in total. The van der Waals surface area contributed by atoms with Crippen molar-refractivity contribution < 1.29 is 4.79 Å². The number of hydrogen-bond acceptors (Lipinski definition) is 4. The Labute approximate surface area is 146 Å². The maximum atomic E-state index is 12.3. The number of aromatic nitrogens is 4. The second-order valence-electron chi connectivity index (χ2n) is 6.88. The van der Waals surface area contributed by atoms with Crippen molar-refractivity contribution in [3.8, 4) is 0 Å². The predicted octanol–water partition coefficient (Wildman–Crippen LogP) is 2.13. The van der Waals surface area contributed by atoms with Crippen molar-refractivity contribution in [2.45, 2.75) is 38.5 Å². The zero-order valence-corrected chi connectivity index (χ0v) is 14.5. The van der Waals surface area contributed by atoms with Crippen LogP contribution in [0.15, 0.2) is 36.4 Å². The van der Waals surface area contributed by atoms with E-state index in [1.54, 1.807) is 4.52 Å². The van der Waals surface area contributed by atoms with Crippen LogP contribution in [-0.4, -0.2) is 32.0 Å². The Kier molecular flexibility index (Phi) is 3.75. The lowest BCUT2D eigenvalue weighted by Crippen LogP contribution is -2.33.